The predicted octanol–water partition coefficient (Wildman–Crippen LogP) is 3.76. The molecule has 0 aromatic heterocycles. The topological polar surface area (TPSA) is 84.6 Å². The van der Waals surface area contributed by atoms with Gasteiger partial charge in [0.15, 0.2) is 0 Å². The van der Waals surface area contributed by atoms with E-state index in [1.165, 1.54) is 19.2 Å². The van der Waals surface area contributed by atoms with Gasteiger partial charge in [-0.25, -0.2) is 0 Å². The van der Waals surface area contributed by atoms with Crippen molar-refractivity contribution in [3.63, 3.8) is 0 Å². The molecule has 0 atom stereocenters. The van der Waals surface area contributed by atoms with E-state index in [1.807, 2.05) is 0 Å². The Morgan fingerprint density at radius 2 is 1.86 bits per heavy atom. The van der Waals surface area contributed by atoms with Gasteiger partial charge < -0.3 is 20.9 Å². The van der Waals surface area contributed by atoms with Gasteiger partial charge in [0.05, 0.1) is 18.4 Å². The Morgan fingerprint density at radius 1 is 1.24 bits per heavy atom. The summed E-state index contributed by atoms with van der Waals surface area (Å²) in [5.74, 6) is -0.130. The predicted molar refractivity (Wildman–Crippen MR) is 88.9 cm³/mol. The standard InChI is InChI=1S/C14H12Br2N2O3/c1-21-8-2-3-9(12(19)6-8)14(20)18-13-10(15)4-7(17)5-11(13)16/h2-6,19H,17H2,1H3,(H,18,20). The molecule has 0 fully saturated rings. The molecule has 2 aromatic carbocycles. The van der Waals surface area contributed by atoms with Crippen molar-refractivity contribution in [2.75, 3.05) is 18.2 Å². The number of hydrogen-bond acceptors (Lipinski definition) is 4. The average molecular weight is 416 g/mol. The summed E-state index contributed by atoms with van der Waals surface area (Å²) in [5.41, 5.74) is 6.93. The molecule has 21 heavy (non-hydrogen) atoms. The van der Waals surface area contributed by atoms with E-state index in [-0.39, 0.29) is 11.3 Å². The van der Waals surface area contributed by atoms with Crippen LogP contribution in [0.25, 0.3) is 0 Å². The average Bonchev–Trinajstić information content (AvgIpc) is 2.42. The van der Waals surface area contributed by atoms with Crippen LogP contribution in [-0.4, -0.2) is 18.1 Å². The fourth-order valence-corrected chi connectivity index (χ4v) is 3.14. The minimum Gasteiger partial charge on any atom is -0.507 e. The largest absolute Gasteiger partial charge is 0.507 e. The number of halogens is 2. The van der Waals surface area contributed by atoms with Crippen molar-refractivity contribution in [1.29, 1.82) is 0 Å². The maximum atomic E-state index is 12.2. The van der Waals surface area contributed by atoms with E-state index in [0.717, 1.165) is 0 Å². The fraction of sp³-hybridized carbons (Fsp3) is 0.0714. The van der Waals surface area contributed by atoms with Crippen molar-refractivity contribution < 1.29 is 14.6 Å². The SMILES string of the molecule is COc1ccc(C(=O)Nc2c(Br)cc(N)cc2Br)c(O)c1. The van der Waals surface area contributed by atoms with E-state index in [0.29, 0.717) is 26.1 Å². The summed E-state index contributed by atoms with van der Waals surface area (Å²) in [7, 11) is 1.48. The van der Waals surface area contributed by atoms with Crippen LogP contribution in [-0.2, 0) is 0 Å². The fourth-order valence-electron chi connectivity index (χ4n) is 1.72. The lowest BCUT2D eigenvalue weighted by Crippen LogP contribution is -2.13. The van der Waals surface area contributed by atoms with Crippen LogP contribution in [0.2, 0.25) is 0 Å². The van der Waals surface area contributed by atoms with Gasteiger partial charge in [-0.05, 0) is 56.1 Å². The molecule has 2 rings (SSSR count). The molecular weight excluding hydrogens is 404 g/mol. The Hall–Kier alpha value is -1.73. The summed E-state index contributed by atoms with van der Waals surface area (Å²) in [6.45, 7) is 0. The quantitative estimate of drug-likeness (QED) is 0.666. The first-order chi connectivity index (χ1) is 9.92. The molecule has 0 saturated carbocycles. The van der Waals surface area contributed by atoms with Gasteiger partial charge in [-0.15, -0.1) is 0 Å². The Labute approximate surface area is 138 Å². The number of amides is 1. The molecule has 0 unspecified atom stereocenters. The summed E-state index contributed by atoms with van der Waals surface area (Å²) in [5, 5.41) is 12.6. The number of nitrogens with one attached hydrogen (secondary N) is 1. The lowest BCUT2D eigenvalue weighted by Gasteiger charge is -2.12. The van der Waals surface area contributed by atoms with Crippen LogP contribution in [0, 0.1) is 0 Å². The highest BCUT2D eigenvalue weighted by Gasteiger charge is 2.15. The summed E-state index contributed by atoms with van der Waals surface area (Å²) >= 11 is 6.67. The second kappa shape index (κ2) is 6.36. The second-order valence-corrected chi connectivity index (χ2v) is 5.91. The maximum Gasteiger partial charge on any atom is 0.259 e. The Bertz CT molecular complexity index is 682. The highest BCUT2D eigenvalue weighted by Crippen LogP contribution is 2.34. The molecule has 5 nitrogen and oxygen atoms in total. The number of phenols is 1. The molecule has 110 valence electrons. The number of phenolic OH excluding ortho intramolecular Hbond substituents is 1. The zero-order valence-corrected chi connectivity index (χ0v) is 14.2. The van der Waals surface area contributed by atoms with E-state index in [4.69, 9.17) is 10.5 Å². The van der Waals surface area contributed by atoms with Crippen LogP contribution in [0.3, 0.4) is 0 Å². The summed E-state index contributed by atoms with van der Waals surface area (Å²) < 4.78 is 6.25. The van der Waals surface area contributed by atoms with Gasteiger partial charge in [-0.2, -0.15) is 0 Å². The molecule has 0 aliphatic heterocycles. The number of anilines is 2. The number of benzene rings is 2. The number of rotatable bonds is 3. The third kappa shape index (κ3) is 3.48. The van der Waals surface area contributed by atoms with Gasteiger partial charge in [0.1, 0.15) is 11.5 Å². The van der Waals surface area contributed by atoms with Crippen LogP contribution in [0.4, 0.5) is 11.4 Å². The van der Waals surface area contributed by atoms with Crippen LogP contribution >= 0.6 is 31.9 Å². The van der Waals surface area contributed by atoms with Gasteiger partial charge in [0.2, 0.25) is 0 Å². The molecule has 0 radical (unpaired) electrons. The summed E-state index contributed by atoms with van der Waals surface area (Å²) in [6, 6.07) is 7.81. The summed E-state index contributed by atoms with van der Waals surface area (Å²) in [4.78, 5) is 12.2. The number of aromatic hydroxyl groups is 1. The van der Waals surface area contributed by atoms with E-state index in [2.05, 4.69) is 37.2 Å². The van der Waals surface area contributed by atoms with Crippen LogP contribution in [0.1, 0.15) is 10.4 Å². The van der Waals surface area contributed by atoms with Crippen LogP contribution in [0.5, 0.6) is 11.5 Å². The number of carbonyl (C=O) groups excluding carboxylic acids is 1. The Balaban J connectivity index is 2.30. The number of nitrogens with two attached hydrogens (primary N) is 1. The minimum atomic E-state index is -0.443. The van der Waals surface area contributed by atoms with Gasteiger partial charge in [0.25, 0.3) is 5.91 Å². The van der Waals surface area contributed by atoms with E-state index < -0.39 is 5.91 Å². The van der Waals surface area contributed by atoms with Gasteiger partial charge in [0, 0.05) is 20.7 Å². The van der Waals surface area contributed by atoms with Crippen molar-refractivity contribution >= 4 is 49.1 Å². The summed E-state index contributed by atoms with van der Waals surface area (Å²) in [6.07, 6.45) is 0. The van der Waals surface area contributed by atoms with Crippen LogP contribution in [0.15, 0.2) is 39.3 Å². The Kier molecular flexibility index (Phi) is 4.74. The van der Waals surface area contributed by atoms with Crippen LogP contribution < -0.4 is 15.8 Å². The molecular formula is C14H12Br2N2O3. The van der Waals surface area contributed by atoms with E-state index >= 15 is 0 Å². The molecule has 0 aliphatic carbocycles. The molecule has 0 saturated heterocycles. The highest BCUT2D eigenvalue weighted by atomic mass is 79.9. The van der Waals surface area contributed by atoms with Crippen molar-refractivity contribution in [3.8, 4) is 11.5 Å². The van der Waals surface area contributed by atoms with Crippen molar-refractivity contribution in [2.24, 2.45) is 0 Å². The number of ether oxygens (including phenoxy) is 1. The molecule has 2 aromatic rings. The normalized spacial score (nSPS) is 10.2. The molecule has 7 heteroatoms. The first-order valence-corrected chi connectivity index (χ1v) is 7.44. The van der Waals surface area contributed by atoms with Gasteiger partial charge in [-0.1, -0.05) is 0 Å². The zero-order valence-electron chi connectivity index (χ0n) is 11.0. The smallest absolute Gasteiger partial charge is 0.259 e. The first kappa shape index (κ1) is 15.7. The lowest BCUT2D eigenvalue weighted by atomic mass is 10.1. The van der Waals surface area contributed by atoms with Crippen molar-refractivity contribution in [2.45, 2.75) is 0 Å². The molecule has 4 N–H and O–H groups in total. The number of hydrogen-bond donors (Lipinski definition) is 3. The zero-order chi connectivity index (χ0) is 15.6. The minimum absolute atomic E-state index is 0.145. The highest BCUT2D eigenvalue weighted by molar-refractivity contribution is 9.11. The van der Waals surface area contributed by atoms with Gasteiger partial charge >= 0.3 is 0 Å². The molecule has 0 heterocycles. The number of nitrogen functional groups attached to an aromatic ring is 1. The van der Waals surface area contributed by atoms with E-state index in [1.54, 1.807) is 18.2 Å². The molecule has 0 aliphatic rings. The second-order valence-electron chi connectivity index (χ2n) is 4.20. The molecule has 1 amide bonds. The van der Waals surface area contributed by atoms with Crippen molar-refractivity contribution in [1.82, 2.24) is 0 Å². The molecule has 0 bridgehead atoms. The molecule has 0 spiro atoms. The maximum absolute atomic E-state index is 12.2. The van der Waals surface area contributed by atoms with Gasteiger partial charge in [-0.3, -0.25) is 4.79 Å². The third-order valence-electron chi connectivity index (χ3n) is 2.75. The Morgan fingerprint density at radius 3 is 2.38 bits per heavy atom. The lowest BCUT2D eigenvalue weighted by molar-refractivity contribution is 0.102. The monoisotopic (exact) mass is 414 g/mol. The van der Waals surface area contributed by atoms with Crippen molar-refractivity contribution in [3.05, 3.63) is 44.8 Å². The first-order valence-electron chi connectivity index (χ1n) is 5.85. The number of methoxy groups -OCH3 is 1. The third-order valence-corrected chi connectivity index (χ3v) is 4.00. The number of carbonyl (C=O) groups is 1. The van der Waals surface area contributed by atoms with E-state index in [9.17, 15) is 9.90 Å².